The molecule has 0 saturated heterocycles. The summed E-state index contributed by atoms with van der Waals surface area (Å²) >= 11 is 0. The van der Waals surface area contributed by atoms with Crippen molar-refractivity contribution in [1.82, 2.24) is 9.88 Å². The van der Waals surface area contributed by atoms with Crippen LogP contribution >= 0.6 is 0 Å². The maximum absolute atomic E-state index is 12.6. The van der Waals surface area contributed by atoms with Crippen LogP contribution in [0.25, 0.3) is 0 Å². The smallest absolute Gasteiger partial charge is 0.254 e. The first-order valence-corrected chi connectivity index (χ1v) is 6.77. The van der Waals surface area contributed by atoms with Crippen molar-refractivity contribution in [2.45, 2.75) is 13.5 Å². The first kappa shape index (κ1) is 14.8. The second kappa shape index (κ2) is 6.74. The van der Waals surface area contributed by atoms with Crippen LogP contribution in [0.15, 0.2) is 42.6 Å². The molecule has 1 heterocycles. The van der Waals surface area contributed by atoms with Crippen molar-refractivity contribution < 1.29 is 9.53 Å². The molecule has 0 aliphatic heterocycles. The fraction of sp³-hybridized carbons (Fsp3) is 0.250. The van der Waals surface area contributed by atoms with E-state index in [1.54, 1.807) is 36.4 Å². The zero-order valence-corrected chi connectivity index (χ0v) is 12.2. The third kappa shape index (κ3) is 3.72. The summed E-state index contributed by atoms with van der Waals surface area (Å²) in [4.78, 5) is 18.6. The molecule has 21 heavy (non-hydrogen) atoms. The van der Waals surface area contributed by atoms with Crippen molar-refractivity contribution in [2.75, 3.05) is 19.4 Å². The number of nitrogens with two attached hydrogens (primary N) is 1. The van der Waals surface area contributed by atoms with E-state index in [0.717, 1.165) is 5.69 Å². The number of rotatable bonds is 5. The predicted octanol–water partition coefficient (Wildman–Crippen LogP) is 2.33. The summed E-state index contributed by atoms with van der Waals surface area (Å²) in [6.07, 6.45) is 1.72. The molecule has 5 heteroatoms. The largest absolute Gasteiger partial charge is 0.497 e. The number of nitrogen functional groups attached to an aromatic ring is 1. The lowest BCUT2D eigenvalue weighted by Gasteiger charge is -2.21. The van der Waals surface area contributed by atoms with Crippen LogP contribution < -0.4 is 10.5 Å². The van der Waals surface area contributed by atoms with Gasteiger partial charge >= 0.3 is 0 Å². The number of aromatic nitrogens is 1. The van der Waals surface area contributed by atoms with Crippen molar-refractivity contribution in [3.8, 4) is 5.75 Å². The molecule has 2 aromatic rings. The first-order chi connectivity index (χ1) is 10.1. The van der Waals surface area contributed by atoms with Gasteiger partial charge < -0.3 is 15.4 Å². The molecular formula is C16H19N3O2. The summed E-state index contributed by atoms with van der Waals surface area (Å²) in [5, 5.41) is 0. The van der Waals surface area contributed by atoms with Gasteiger partial charge in [0.1, 0.15) is 5.75 Å². The Morgan fingerprint density at radius 2 is 2.14 bits per heavy atom. The Labute approximate surface area is 124 Å². The molecule has 0 aliphatic rings. The standard InChI is InChI=1S/C16H19N3O2/c1-3-19(11-14-6-4-5-7-18-14)16(20)12-8-13(17)10-15(9-12)21-2/h4-10H,3,11,17H2,1-2H3. The third-order valence-corrected chi connectivity index (χ3v) is 3.16. The molecule has 2 N–H and O–H groups in total. The van der Waals surface area contributed by atoms with E-state index in [-0.39, 0.29) is 5.91 Å². The van der Waals surface area contributed by atoms with E-state index in [4.69, 9.17) is 10.5 Å². The number of hydrogen-bond acceptors (Lipinski definition) is 4. The summed E-state index contributed by atoms with van der Waals surface area (Å²) in [6, 6.07) is 10.7. The Kier molecular flexibility index (Phi) is 4.77. The number of ether oxygens (including phenoxy) is 1. The molecule has 1 amide bonds. The first-order valence-electron chi connectivity index (χ1n) is 6.77. The number of anilines is 1. The minimum absolute atomic E-state index is 0.0891. The number of methoxy groups -OCH3 is 1. The molecule has 0 bridgehead atoms. The maximum atomic E-state index is 12.6. The van der Waals surface area contributed by atoms with Crippen LogP contribution in [0.4, 0.5) is 5.69 Å². The molecule has 2 rings (SSSR count). The van der Waals surface area contributed by atoms with E-state index in [0.29, 0.717) is 30.1 Å². The van der Waals surface area contributed by atoms with Gasteiger partial charge in [-0.2, -0.15) is 0 Å². The molecule has 0 saturated carbocycles. The molecule has 0 aliphatic carbocycles. The Balaban J connectivity index is 2.22. The van der Waals surface area contributed by atoms with E-state index < -0.39 is 0 Å². The molecule has 0 atom stereocenters. The molecule has 110 valence electrons. The van der Waals surface area contributed by atoms with Crippen molar-refractivity contribution >= 4 is 11.6 Å². The lowest BCUT2D eigenvalue weighted by molar-refractivity contribution is 0.0750. The van der Waals surface area contributed by atoms with Crippen LogP contribution in [0.1, 0.15) is 23.0 Å². The van der Waals surface area contributed by atoms with Gasteiger partial charge in [0, 0.05) is 30.1 Å². The number of pyridine rings is 1. The Bertz CT molecular complexity index is 614. The Morgan fingerprint density at radius 1 is 1.33 bits per heavy atom. The summed E-state index contributed by atoms with van der Waals surface area (Å²) in [5.41, 5.74) is 7.68. The van der Waals surface area contributed by atoms with E-state index >= 15 is 0 Å². The van der Waals surface area contributed by atoms with Crippen molar-refractivity contribution in [3.05, 3.63) is 53.9 Å². The van der Waals surface area contributed by atoms with E-state index in [1.165, 1.54) is 0 Å². The van der Waals surface area contributed by atoms with Crippen LogP contribution in [-0.4, -0.2) is 29.4 Å². The molecule has 0 fully saturated rings. The average molecular weight is 285 g/mol. The highest BCUT2D eigenvalue weighted by atomic mass is 16.5. The third-order valence-electron chi connectivity index (χ3n) is 3.16. The molecule has 1 aromatic carbocycles. The summed E-state index contributed by atoms with van der Waals surface area (Å²) < 4.78 is 5.15. The Morgan fingerprint density at radius 3 is 2.76 bits per heavy atom. The van der Waals surface area contributed by atoms with Crippen LogP contribution in [0.3, 0.4) is 0 Å². The number of carbonyl (C=O) groups excluding carboxylic acids is 1. The fourth-order valence-electron chi connectivity index (χ4n) is 2.06. The van der Waals surface area contributed by atoms with Gasteiger partial charge in [-0.1, -0.05) is 6.07 Å². The second-order valence-corrected chi connectivity index (χ2v) is 4.64. The number of benzene rings is 1. The van der Waals surface area contributed by atoms with Gasteiger partial charge in [-0.25, -0.2) is 0 Å². The van der Waals surface area contributed by atoms with E-state index in [1.807, 2.05) is 25.1 Å². The molecule has 0 spiro atoms. The number of hydrogen-bond donors (Lipinski definition) is 1. The summed E-state index contributed by atoms with van der Waals surface area (Å²) in [6.45, 7) is 2.99. The van der Waals surface area contributed by atoms with Gasteiger partial charge in [0.05, 0.1) is 19.3 Å². The highest BCUT2D eigenvalue weighted by Crippen LogP contribution is 2.20. The predicted molar refractivity (Wildman–Crippen MR) is 82.1 cm³/mol. The fourth-order valence-corrected chi connectivity index (χ4v) is 2.06. The molecule has 1 aromatic heterocycles. The quantitative estimate of drug-likeness (QED) is 0.856. The minimum Gasteiger partial charge on any atom is -0.497 e. The summed E-state index contributed by atoms with van der Waals surface area (Å²) in [5.74, 6) is 0.487. The van der Waals surface area contributed by atoms with Gasteiger partial charge in [-0.3, -0.25) is 9.78 Å². The average Bonchev–Trinajstić information content (AvgIpc) is 2.52. The van der Waals surface area contributed by atoms with Crippen LogP contribution in [0.5, 0.6) is 5.75 Å². The molecular weight excluding hydrogens is 266 g/mol. The Hall–Kier alpha value is -2.56. The van der Waals surface area contributed by atoms with Gasteiger partial charge in [-0.05, 0) is 31.2 Å². The second-order valence-electron chi connectivity index (χ2n) is 4.64. The van der Waals surface area contributed by atoms with Gasteiger partial charge in [0.25, 0.3) is 5.91 Å². The van der Waals surface area contributed by atoms with E-state index in [9.17, 15) is 4.79 Å². The highest BCUT2D eigenvalue weighted by molar-refractivity contribution is 5.95. The number of nitrogens with zero attached hydrogens (tertiary/aromatic N) is 2. The van der Waals surface area contributed by atoms with Crippen molar-refractivity contribution in [2.24, 2.45) is 0 Å². The normalized spacial score (nSPS) is 10.2. The van der Waals surface area contributed by atoms with Crippen molar-refractivity contribution in [1.29, 1.82) is 0 Å². The zero-order chi connectivity index (χ0) is 15.2. The monoisotopic (exact) mass is 285 g/mol. The van der Waals surface area contributed by atoms with E-state index in [2.05, 4.69) is 4.98 Å². The van der Waals surface area contributed by atoms with Crippen LogP contribution in [-0.2, 0) is 6.54 Å². The topological polar surface area (TPSA) is 68.5 Å². The molecule has 0 radical (unpaired) electrons. The van der Waals surface area contributed by atoms with Crippen molar-refractivity contribution in [3.63, 3.8) is 0 Å². The lowest BCUT2D eigenvalue weighted by atomic mass is 10.1. The van der Waals surface area contributed by atoms with Crippen LogP contribution in [0.2, 0.25) is 0 Å². The number of amides is 1. The molecule has 0 unspecified atom stereocenters. The minimum atomic E-state index is -0.0891. The van der Waals surface area contributed by atoms with Gasteiger partial charge in [0.15, 0.2) is 0 Å². The zero-order valence-electron chi connectivity index (χ0n) is 12.2. The van der Waals surface area contributed by atoms with Gasteiger partial charge in [-0.15, -0.1) is 0 Å². The lowest BCUT2D eigenvalue weighted by Crippen LogP contribution is -2.30. The van der Waals surface area contributed by atoms with Gasteiger partial charge in [0.2, 0.25) is 0 Å². The maximum Gasteiger partial charge on any atom is 0.254 e. The highest BCUT2D eigenvalue weighted by Gasteiger charge is 2.16. The molecule has 5 nitrogen and oxygen atoms in total. The number of carbonyl (C=O) groups is 1. The SMILES string of the molecule is CCN(Cc1ccccn1)C(=O)c1cc(N)cc(OC)c1. The summed E-state index contributed by atoms with van der Waals surface area (Å²) in [7, 11) is 1.55. The van der Waals surface area contributed by atoms with Crippen LogP contribution in [0, 0.1) is 0 Å².